The Hall–Kier alpha value is -2.01. The third-order valence-corrected chi connectivity index (χ3v) is 8.60. The number of thiophene rings is 1. The maximum absolute atomic E-state index is 12.8. The lowest BCUT2D eigenvalue weighted by Crippen LogP contribution is -2.22. The number of aromatic nitrogens is 1. The fourth-order valence-corrected chi connectivity index (χ4v) is 5.92. The highest BCUT2D eigenvalue weighted by Gasteiger charge is 2.20. The monoisotopic (exact) mass is 452 g/mol. The number of anilines is 2. The van der Waals surface area contributed by atoms with Crippen molar-refractivity contribution in [3.8, 4) is 0 Å². The highest BCUT2D eigenvalue weighted by Crippen LogP contribution is 2.35. The summed E-state index contributed by atoms with van der Waals surface area (Å²) in [4.78, 5) is 21.1. The molecule has 3 aromatic rings. The minimum Gasteiger partial charge on any atom is -0.349 e. The minimum absolute atomic E-state index is 0.140. The molecule has 0 aliphatic carbocycles. The van der Waals surface area contributed by atoms with Crippen molar-refractivity contribution in [3.05, 3.63) is 34.7 Å². The summed E-state index contributed by atoms with van der Waals surface area (Å²) in [6.07, 6.45) is 0. The summed E-state index contributed by atoms with van der Waals surface area (Å²) in [7, 11) is -0.620. The number of rotatable bonds is 7. The lowest BCUT2D eigenvalue weighted by Gasteiger charge is -2.16. The molecular weight excluding hydrogens is 428 g/mol. The molecule has 1 aromatic carbocycles. The van der Waals surface area contributed by atoms with E-state index in [9.17, 15) is 13.2 Å². The van der Waals surface area contributed by atoms with Gasteiger partial charge < -0.3 is 10.2 Å². The molecule has 0 saturated heterocycles. The normalized spacial score (nSPS) is 11.9. The van der Waals surface area contributed by atoms with Crippen molar-refractivity contribution in [1.29, 1.82) is 0 Å². The number of benzene rings is 1. The zero-order chi connectivity index (χ0) is 21.3. The molecule has 29 heavy (non-hydrogen) atoms. The molecule has 10 heteroatoms. The van der Waals surface area contributed by atoms with Gasteiger partial charge in [-0.2, -0.15) is 0 Å². The van der Waals surface area contributed by atoms with Gasteiger partial charge in [0.05, 0.1) is 14.5 Å². The summed E-state index contributed by atoms with van der Waals surface area (Å²) < 4.78 is 26.9. The van der Waals surface area contributed by atoms with Gasteiger partial charge in [-0.05, 0) is 44.5 Å². The van der Waals surface area contributed by atoms with Crippen molar-refractivity contribution >= 4 is 59.0 Å². The van der Waals surface area contributed by atoms with Crippen molar-refractivity contribution in [2.75, 3.05) is 37.4 Å². The molecule has 0 aliphatic heterocycles. The van der Waals surface area contributed by atoms with Crippen molar-refractivity contribution < 1.29 is 13.2 Å². The molecule has 0 bridgehead atoms. The average Bonchev–Trinajstić information content (AvgIpc) is 3.23. The Morgan fingerprint density at radius 1 is 1.14 bits per heavy atom. The van der Waals surface area contributed by atoms with Gasteiger partial charge in [-0.15, -0.1) is 11.3 Å². The quantitative estimate of drug-likeness (QED) is 0.586. The molecule has 0 spiro atoms. The highest BCUT2D eigenvalue weighted by molar-refractivity contribution is 7.89. The Balaban J connectivity index is 1.86. The standard InChI is InChI=1S/C19H24N4O3S3/c1-6-23(7-2)19-21-18-16(28-19)11-15(27-18)17(24)20-14-10-13(9-8-12(14)3)29(25,26)22(4)5/h8-11H,6-7H2,1-5H3,(H,20,24). The van der Waals surface area contributed by atoms with Crippen LogP contribution in [-0.4, -0.2) is 50.8 Å². The van der Waals surface area contributed by atoms with Gasteiger partial charge in [-0.3, -0.25) is 4.79 Å². The predicted molar refractivity (Wildman–Crippen MR) is 121 cm³/mol. The second-order valence-corrected chi connectivity index (χ2v) is 10.9. The number of carbonyl (C=O) groups is 1. The molecule has 7 nitrogen and oxygen atoms in total. The van der Waals surface area contributed by atoms with Gasteiger partial charge in [0.2, 0.25) is 10.0 Å². The van der Waals surface area contributed by atoms with Crippen LogP contribution in [0.3, 0.4) is 0 Å². The number of thiazole rings is 1. The maximum Gasteiger partial charge on any atom is 0.265 e. The Kier molecular flexibility index (Phi) is 6.27. The van der Waals surface area contributed by atoms with E-state index in [1.54, 1.807) is 23.5 Å². The van der Waals surface area contributed by atoms with Crippen LogP contribution >= 0.6 is 22.7 Å². The van der Waals surface area contributed by atoms with Crippen LogP contribution in [0.25, 0.3) is 9.53 Å². The Morgan fingerprint density at radius 3 is 2.41 bits per heavy atom. The summed E-state index contributed by atoms with van der Waals surface area (Å²) in [6, 6.07) is 6.57. The molecule has 0 atom stereocenters. The van der Waals surface area contributed by atoms with Crippen LogP contribution in [0.4, 0.5) is 10.8 Å². The van der Waals surface area contributed by atoms with Crippen LogP contribution in [0.2, 0.25) is 0 Å². The van der Waals surface area contributed by atoms with Gasteiger partial charge in [-0.25, -0.2) is 17.7 Å². The molecule has 0 fully saturated rings. The zero-order valence-corrected chi connectivity index (χ0v) is 19.5. The van der Waals surface area contributed by atoms with Crippen LogP contribution in [0, 0.1) is 6.92 Å². The van der Waals surface area contributed by atoms with E-state index in [0.717, 1.165) is 37.6 Å². The number of nitrogens with one attached hydrogen (secondary N) is 1. The molecule has 0 aliphatic rings. The number of sulfonamides is 1. The first-order chi connectivity index (χ1) is 13.7. The Bertz CT molecular complexity index is 1110. The fraction of sp³-hybridized carbons (Fsp3) is 0.368. The van der Waals surface area contributed by atoms with Gasteiger partial charge in [0.15, 0.2) is 5.13 Å². The van der Waals surface area contributed by atoms with Crippen LogP contribution in [0.1, 0.15) is 29.1 Å². The van der Waals surface area contributed by atoms with E-state index in [-0.39, 0.29) is 10.8 Å². The molecule has 2 aromatic heterocycles. The molecule has 0 radical (unpaired) electrons. The van der Waals surface area contributed by atoms with Crippen molar-refractivity contribution in [2.45, 2.75) is 25.7 Å². The second kappa shape index (κ2) is 8.39. The van der Waals surface area contributed by atoms with Gasteiger partial charge in [0, 0.05) is 32.9 Å². The third-order valence-electron chi connectivity index (χ3n) is 4.57. The lowest BCUT2D eigenvalue weighted by molar-refractivity contribution is 0.103. The van der Waals surface area contributed by atoms with E-state index in [4.69, 9.17) is 0 Å². The van der Waals surface area contributed by atoms with Gasteiger partial charge in [-0.1, -0.05) is 17.4 Å². The maximum atomic E-state index is 12.8. The van der Waals surface area contributed by atoms with Gasteiger partial charge in [0.1, 0.15) is 4.83 Å². The van der Waals surface area contributed by atoms with Gasteiger partial charge >= 0.3 is 0 Å². The summed E-state index contributed by atoms with van der Waals surface area (Å²) in [5.74, 6) is -0.271. The first-order valence-electron chi connectivity index (χ1n) is 9.17. The Labute approximate surface area is 179 Å². The van der Waals surface area contributed by atoms with Crippen LogP contribution in [0.15, 0.2) is 29.2 Å². The molecule has 1 N–H and O–H groups in total. The number of carbonyl (C=O) groups excluding carboxylic acids is 1. The van der Waals surface area contributed by atoms with E-state index >= 15 is 0 Å². The number of aryl methyl sites for hydroxylation is 1. The molecule has 0 unspecified atom stereocenters. The number of fused-ring (bicyclic) bond motifs is 1. The summed E-state index contributed by atoms with van der Waals surface area (Å²) in [6.45, 7) is 7.77. The molecular formula is C19H24N4O3S3. The second-order valence-electron chi connectivity index (χ2n) is 6.67. The largest absolute Gasteiger partial charge is 0.349 e. The zero-order valence-electron chi connectivity index (χ0n) is 17.0. The van der Waals surface area contributed by atoms with Crippen LogP contribution in [0.5, 0.6) is 0 Å². The molecule has 3 rings (SSSR count). The predicted octanol–water partition coefficient (Wildman–Crippen LogP) is 4.02. The Morgan fingerprint density at radius 2 is 1.83 bits per heavy atom. The third kappa shape index (κ3) is 4.30. The van der Waals surface area contributed by atoms with Crippen molar-refractivity contribution in [2.24, 2.45) is 0 Å². The lowest BCUT2D eigenvalue weighted by atomic mass is 10.2. The van der Waals surface area contributed by atoms with Crippen LogP contribution in [-0.2, 0) is 10.0 Å². The molecule has 1 amide bonds. The highest BCUT2D eigenvalue weighted by atomic mass is 32.2. The molecule has 2 heterocycles. The first kappa shape index (κ1) is 21.7. The van der Waals surface area contributed by atoms with E-state index in [0.29, 0.717) is 10.6 Å². The summed E-state index contributed by atoms with van der Waals surface area (Å²) >= 11 is 2.91. The van der Waals surface area contributed by atoms with E-state index in [1.807, 2.05) is 13.0 Å². The molecule has 156 valence electrons. The smallest absolute Gasteiger partial charge is 0.265 e. The topological polar surface area (TPSA) is 82.6 Å². The average molecular weight is 453 g/mol. The number of nitrogens with zero attached hydrogens (tertiary/aromatic N) is 3. The van der Waals surface area contributed by atoms with E-state index < -0.39 is 10.0 Å². The SMILES string of the molecule is CCN(CC)c1nc2sc(C(=O)Nc3cc(S(=O)(=O)N(C)C)ccc3C)cc2s1. The van der Waals surface area contributed by atoms with E-state index in [1.165, 1.54) is 31.5 Å². The van der Waals surface area contributed by atoms with Gasteiger partial charge in [0.25, 0.3) is 5.91 Å². The molecule has 0 saturated carbocycles. The minimum atomic E-state index is -3.57. The van der Waals surface area contributed by atoms with Crippen molar-refractivity contribution in [1.82, 2.24) is 9.29 Å². The number of amides is 1. The van der Waals surface area contributed by atoms with E-state index in [2.05, 4.69) is 29.0 Å². The summed E-state index contributed by atoms with van der Waals surface area (Å²) in [5, 5.41) is 3.80. The number of hydrogen-bond acceptors (Lipinski definition) is 7. The van der Waals surface area contributed by atoms with Crippen molar-refractivity contribution in [3.63, 3.8) is 0 Å². The summed E-state index contributed by atoms with van der Waals surface area (Å²) in [5.41, 5.74) is 1.27. The number of hydrogen-bond donors (Lipinski definition) is 1. The fourth-order valence-electron chi connectivity index (χ4n) is 2.76. The first-order valence-corrected chi connectivity index (χ1v) is 12.2. The van der Waals surface area contributed by atoms with Crippen LogP contribution < -0.4 is 10.2 Å².